The maximum atomic E-state index is 3.54. The zero-order chi connectivity index (χ0) is 11.3. The van der Waals surface area contributed by atoms with Crippen LogP contribution in [0.3, 0.4) is 0 Å². The summed E-state index contributed by atoms with van der Waals surface area (Å²) in [6.07, 6.45) is 7.33. The van der Waals surface area contributed by atoms with E-state index in [1.807, 2.05) is 0 Å². The van der Waals surface area contributed by atoms with Crippen LogP contribution in [0.15, 0.2) is 0 Å². The van der Waals surface area contributed by atoms with Gasteiger partial charge in [-0.1, -0.05) is 53.4 Å². The molecule has 1 unspecified atom stereocenters. The molecule has 0 aliphatic heterocycles. The molecule has 0 aromatic carbocycles. The highest BCUT2D eigenvalue weighted by molar-refractivity contribution is 4.84. The molecular formula is C14H29N. The summed E-state index contributed by atoms with van der Waals surface area (Å²) in [5.74, 6) is 1.80. The molecule has 90 valence electrons. The van der Waals surface area contributed by atoms with Crippen molar-refractivity contribution in [1.82, 2.24) is 5.32 Å². The molecule has 1 N–H and O–H groups in total. The van der Waals surface area contributed by atoms with Gasteiger partial charge in [0.2, 0.25) is 0 Å². The van der Waals surface area contributed by atoms with E-state index in [2.05, 4.69) is 33.0 Å². The summed E-state index contributed by atoms with van der Waals surface area (Å²) in [5, 5.41) is 3.54. The average Bonchev–Trinajstić information content (AvgIpc) is 2.67. The van der Waals surface area contributed by atoms with Crippen molar-refractivity contribution in [3.05, 3.63) is 0 Å². The van der Waals surface area contributed by atoms with E-state index in [0.717, 1.165) is 18.4 Å². The van der Waals surface area contributed by atoms with Gasteiger partial charge in [0.15, 0.2) is 0 Å². The highest BCUT2D eigenvalue weighted by Gasteiger charge is 2.31. The minimum absolute atomic E-state index is 0.505. The third-order valence-electron chi connectivity index (χ3n) is 4.40. The molecule has 1 fully saturated rings. The van der Waals surface area contributed by atoms with Crippen molar-refractivity contribution in [1.29, 1.82) is 0 Å². The molecule has 1 aliphatic carbocycles. The van der Waals surface area contributed by atoms with Gasteiger partial charge in [-0.3, -0.25) is 0 Å². The Hall–Kier alpha value is -0.0400. The maximum Gasteiger partial charge on any atom is 0.000760 e. The summed E-state index contributed by atoms with van der Waals surface area (Å²) in [7, 11) is 0. The molecule has 0 aromatic rings. The third-order valence-corrected chi connectivity index (χ3v) is 4.40. The van der Waals surface area contributed by atoms with Crippen molar-refractivity contribution >= 4 is 0 Å². The van der Waals surface area contributed by atoms with E-state index >= 15 is 0 Å². The Balaban J connectivity index is 2.47. The summed E-state index contributed by atoms with van der Waals surface area (Å²) in [5.41, 5.74) is 0.505. The van der Waals surface area contributed by atoms with Crippen molar-refractivity contribution in [2.45, 2.75) is 59.8 Å². The van der Waals surface area contributed by atoms with Crippen LogP contribution in [-0.4, -0.2) is 13.1 Å². The number of rotatable bonds is 6. The second-order valence-corrected chi connectivity index (χ2v) is 5.94. The van der Waals surface area contributed by atoms with Gasteiger partial charge in [0.05, 0.1) is 0 Å². The molecule has 0 heterocycles. The summed E-state index contributed by atoms with van der Waals surface area (Å²) in [6, 6.07) is 0. The Morgan fingerprint density at radius 3 is 2.33 bits per heavy atom. The Morgan fingerprint density at radius 2 is 1.87 bits per heavy atom. The fraction of sp³-hybridized carbons (Fsp3) is 1.00. The lowest BCUT2D eigenvalue weighted by Gasteiger charge is -2.36. The van der Waals surface area contributed by atoms with Crippen LogP contribution >= 0.6 is 0 Å². The minimum Gasteiger partial charge on any atom is -0.316 e. The first-order chi connectivity index (χ1) is 7.08. The molecule has 1 saturated carbocycles. The standard InChI is InChI=1S/C14H29N/c1-5-15-11-14(4,12(2)3)10-13-8-6-7-9-13/h12-13,15H,5-11H2,1-4H3. The topological polar surface area (TPSA) is 12.0 Å². The zero-order valence-electron chi connectivity index (χ0n) is 11.1. The summed E-state index contributed by atoms with van der Waals surface area (Å²) in [4.78, 5) is 0. The summed E-state index contributed by atoms with van der Waals surface area (Å²) >= 11 is 0. The molecule has 0 radical (unpaired) electrons. The SMILES string of the molecule is CCNCC(C)(CC1CCCC1)C(C)C. The number of nitrogens with one attached hydrogen (secondary N) is 1. The van der Waals surface area contributed by atoms with E-state index in [-0.39, 0.29) is 0 Å². The lowest BCUT2D eigenvalue weighted by atomic mass is 9.72. The molecule has 15 heavy (non-hydrogen) atoms. The second-order valence-electron chi connectivity index (χ2n) is 5.94. The van der Waals surface area contributed by atoms with E-state index in [0.29, 0.717) is 5.41 Å². The average molecular weight is 211 g/mol. The molecule has 1 aliphatic rings. The molecule has 1 atom stereocenters. The Bertz CT molecular complexity index is 170. The predicted octanol–water partition coefficient (Wildman–Crippen LogP) is 3.84. The highest BCUT2D eigenvalue weighted by Crippen LogP contribution is 2.39. The van der Waals surface area contributed by atoms with Crippen molar-refractivity contribution < 1.29 is 0 Å². The van der Waals surface area contributed by atoms with Crippen LogP contribution < -0.4 is 5.32 Å². The minimum atomic E-state index is 0.505. The van der Waals surface area contributed by atoms with E-state index in [4.69, 9.17) is 0 Å². The highest BCUT2D eigenvalue weighted by atomic mass is 14.9. The Morgan fingerprint density at radius 1 is 1.27 bits per heavy atom. The fourth-order valence-electron chi connectivity index (χ4n) is 2.80. The van der Waals surface area contributed by atoms with Gasteiger partial charge in [-0.25, -0.2) is 0 Å². The van der Waals surface area contributed by atoms with Gasteiger partial charge in [-0.05, 0) is 30.2 Å². The zero-order valence-corrected chi connectivity index (χ0v) is 11.1. The molecule has 0 aromatic heterocycles. The monoisotopic (exact) mass is 211 g/mol. The van der Waals surface area contributed by atoms with Crippen LogP contribution in [0, 0.1) is 17.3 Å². The van der Waals surface area contributed by atoms with Crippen LogP contribution in [0.5, 0.6) is 0 Å². The lowest BCUT2D eigenvalue weighted by Crippen LogP contribution is -2.37. The first-order valence-electron chi connectivity index (χ1n) is 6.79. The van der Waals surface area contributed by atoms with Crippen molar-refractivity contribution in [2.75, 3.05) is 13.1 Å². The molecule has 1 nitrogen and oxygen atoms in total. The van der Waals surface area contributed by atoms with E-state index in [9.17, 15) is 0 Å². The Kier molecular flexibility index (Phi) is 5.11. The fourth-order valence-corrected chi connectivity index (χ4v) is 2.80. The van der Waals surface area contributed by atoms with Crippen LogP contribution in [0.25, 0.3) is 0 Å². The van der Waals surface area contributed by atoms with Crippen molar-refractivity contribution in [3.63, 3.8) is 0 Å². The van der Waals surface area contributed by atoms with Gasteiger partial charge < -0.3 is 5.32 Å². The number of hydrogen-bond donors (Lipinski definition) is 1. The number of hydrogen-bond acceptors (Lipinski definition) is 1. The van der Waals surface area contributed by atoms with Crippen molar-refractivity contribution in [2.24, 2.45) is 17.3 Å². The van der Waals surface area contributed by atoms with Gasteiger partial charge in [-0.2, -0.15) is 0 Å². The van der Waals surface area contributed by atoms with Crippen LogP contribution in [0.4, 0.5) is 0 Å². The molecule has 0 amide bonds. The molecule has 0 spiro atoms. The van der Waals surface area contributed by atoms with E-state index in [1.165, 1.54) is 38.6 Å². The Labute approximate surface area is 96.0 Å². The van der Waals surface area contributed by atoms with Gasteiger partial charge in [0, 0.05) is 6.54 Å². The predicted molar refractivity (Wildman–Crippen MR) is 68.1 cm³/mol. The largest absolute Gasteiger partial charge is 0.316 e. The van der Waals surface area contributed by atoms with Gasteiger partial charge in [0.1, 0.15) is 0 Å². The lowest BCUT2D eigenvalue weighted by molar-refractivity contribution is 0.159. The van der Waals surface area contributed by atoms with Crippen LogP contribution in [0.1, 0.15) is 59.8 Å². The molecule has 0 bridgehead atoms. The van der Waals surface area contributed by atoms with Gasteiger partial charge in [-0.15, -0.1) is 0 Å². The first-order valence-corrected chi connectivity index (χ1v) is 6.79. The maximum absolute atomic E-state index is 3.54. The normalized spacial score (nSPS) is 22.2. The van der Waals surface area contributed by atoms with Crippen molar-refractivity contribution in [3.8, 4) is 0 Å². The first kappa shape index (κ1) is 13.0. The molecule has 1 heteroatoms. The van der Waals surface area contributed by atoms with E-state index in [1.54, 1.807) is 0 Å². The molecule has 0 saturated heterocycles. The van der Waals surface area contributed by atoms with Crippen LogP contribution in [0.2, 0.25) is 0 Å². The third kappa shape index (κ3) is 3.79. The van der Waals surface area contributed by atoms with Crippen LogP contribution in [-0.2, 0) is 0 Å². The second kappa shape index (κ2) is 5.89. The van der Waals surface area contributed by atoms with Gasteiger partial charge in [0.25, 0.3) is 0 Å². The summed E-state index contributed by atoms with van der Waals surface area (Å²) < 4.78 is 0. The smallest absolute Gasteiger partial charge is 0.000760 e. The molecule has 1 rings (SSSR count). The molecular weight excluding hydrogens is 182 g/mol. The van der Waals surface area contributed by atoms with E-state index < -0.39 is 0 Å². The van der Waals surface area contributed by atoms with Gasteiger partial charge >= 0.3 is 0 Å². The summed E-state index contributed by atoms with van der Waals surface area (Å²) in [6.45, 7) is 11.7. The quantitative estimate of drug-likeness (QED) is 0.704.